The lowest BCUT2D eigenvalue weighted by Crippen LogP contribution is -2.36. The van der Waals surface area contributed by atoms with Gasteiger partial charge in [-0.25, -0.2) is 4.39 Å². The van der Waals surface area contributed by atoms with Gasteiger partial charge < -0.3 is 5.32 Å². The number of nitrogens with zero attached hydrogens (tertiary/aromatic N) is 4. The van der Waals surface area contributed by atoms with Gasteiger partial charge in [0, 0.05) is 35.0 Å². The van der Waals surface area contributed by atoms with Crippen LogP contribution in [0, 0.1) is 5.82 Å². The number of carbonyl (C=O) groups excluding carboxylic acids is 1. The Kier molecular flexibility index (Phi) is 6.31. The maximum absolute atomic E-state index is 14.3. The molecule has 0 aliphatic heterocycles. The van der Waals surface area contributed by atoms with E-state index in [1.165, 1.54) is 28.8 Å². The molecule has 0 unspecified atom stereocenters. The molecule has 2 heterocycles. The Bertz CT molecular complexity index is 1440. The van der Waals surface area contributed by atoms with Crippen molar-refractivity contribution in [2.75, 3.05) is 0 Å². The Morgan fingerprint density at radius 1 is 1.21 bits per heavy atom. The number of hydrogen-bond acceptors (Lipinski definition) is 5. The fourth-order valence-electron chi connectivity index (χ4n) is 4.42. The summed E-state index contributed by atoms with van der Waals surface area (Å²) in [5.74, 6) is 0.0126. The Labute approximate surface area is 204 Å². The summed E-state index contributed by atoms with van der Waals surface area (Å²) in [5.41, 5.74) is 1.13. The lowest BCUT2D eigenvalue weighted by molar-refractivity contribution is 0.0928. The highest BCUT2D eigenvalue weighted by molar-refractivity contribution is 7.98. The normalized spacial score (nSPS) is 14.7. The van der Waals surface area contributed by atoms with Gasteiger partial charge in [-0.05, 0) is 43.2 Å². The summed E-state index contributed by atoms with van der Waals surface area (Å²) in [6.07, 6.45) is 5.40. The SMILES string of the molecule is Cn1c(=O)c2ccc(C(=O)NC3CCCCC3)cc2n2c(SCc3c(F)cccc3Cl)nnc12. The van der Waals surface area contributed by atoms with Crippen LogP contribution in [0.4, 0.5) is 4.39 Å². The van der Waals surface area contributed by atoms with E-state index in [-0.39, 0.29) is 23.3 Å². The summed E-state index contributed by atoms with van der Waals surface area (Å²) in [6.45, 7) is 0. The molecule has 0 atom stereocenters. The first kappa shape index (κ1) is 22.9. The Morgan fingerprint density at radius 3 is 2.76 bits per heavy atom. The third-order valence-corrected chi connectivity index (χ3v) is 7.61. The Hall–Kier alpha value is -2.91. The van der Waals surface area contributed by atoms with Crippen LogP contribution >= 0.6 is 23.4 Å². The number of fused-ring (bicyclic) bond motifs is 3. The highest BCUT2D eigenvalue weighted by Gasteiger charge is 2.20. The van der Waals surface area contributed by atoms with E-state index in [4.69, 9.17) is 11.6 Å². The second-order valence-corrected chi connectivity index (χ2v) is 9.86. The number of amides is 1. The van der Waals surface area contributed by atoms with Crippen molar-refractivity contribution in [2.24, 2.45) is 7.05 Å². The van der Waals surface area contributed by atoms with Crippen LogP contribution in [0.2, 0.25) is 5.02 Å². The van der Waals surface area contributed by atoms with E-state index in [1.54, 1.807) is 41.8 Å². The molecule has 0 saturated heterocycles. The van der Waals surface area contributed by atoms with Gasteiger partial charge in [0.05, 0.1) is 10.9 Å². The first-order valence-corrected chi connectivity index (χ1v) is 12.5. The number of aromatic nitrogens is 4. The summed E-state index contributed by atoms with van der Waals surface area (Å²) < 4.78 is 17.4. The van der Waals surface area contributed by atoms with Crippen molar-refractivity contribution < 1.29 is 9.18 Å². The standard InChI is InChI=1S/C24H23ClFN5O2S/c1-30-22(33)16-11-10-14(21(32)27-15-6-3-2-4-7-15)12-20(16)31-23(30)28-29-24(31)34-13-17-18(25)8-5-9-19(17)26/h5,8-12,15H,2-4,6-7,13H2,1H3,(H,27,32). The minimum atomic E-state index is -0.396. The van der Waals surface area contributed by atoms with Crippen LogP contribution < -0.4 is 10.9 Å². The number of carbonyl (C=O) groups is 1. The second kappa shape index (κ2) is 9.38. The number of thioether (sulfide) groups is 1. The average molecular weight is 500 g/mol. The number of benzene rings is 2. The van der Waals surface area contributed by atoms with Gasteiger partial charge in [-0.1, -0.05) is 48.7 Å². The van der Waals surface area contributed by atoms with Crippen LogP contribution in [0.3, 0.4) is 0 Å². The second-order valence-electron chi connectivity index (χ2n) is 8.51. The number of aryl methyl sites for hydroxylation is 1. The molecule has 4 aromatic rings. The van der Waals surface area contributed by atoms with Crippen LogP contribution in [0.15, 0.2) is 46.3 Å². The quantitative estimate of drug-likeness (QED) is 0.401. The molecule has 1 aliphatic rings. The molecular formula is C24H23ClFN5O2S. The molecule has 0 bridgehead atoms. The molecule has 0 radical (unpaired) electrons. The third-order valence-electron chi connectivity index (χ3n) is 6.30. The van der Waals surface area contributed by atoms with Gasteiger partial charge in [0.25, 0.3) is 11.5 Å². The molecule has 1 amide bonds. The van der Waals surface area contributed by atoms with E-state index >= 15 is 0 Å². The van der Waals surface area contributed by atoms with Gasteiger partial charge in [-0.3, -0.25) is 18.6 Å². The zero-order chi connectivity index (χ0) is 23.8. The van der Waals surface area contributed by atoms with Crippen LogP contribution in [-0.2, 0) is 12.8 Å². The van der Waals surface area contributed by atoms with Crippen molar-refractivity contribution in [3.63, 3.8) is 0 Å². The van der Waals surface area contributed by atoms with Crippen molar-refractivity contribution >= 4 is 46.0 Å². The van der Waals surface area contributed by atoms with Crippen molar-refractivity contribution in [1.29, 1.82) is 0 Å². The molecular weight excluding hydrogens is 477 g/mol. The van der Waals surface area contributed by atoms with Crippen LogP contribution in [-0.4, -0.2) is 31.1 Å². The van der Waals surface area contributed by atoms with Gasteiger partial charge in [-0.15, -0.1) is 10.2 Å². The highest BCUT2D eigenvalue weighted by Crippen LogP contribution is 2.29. The van der Waals surface area contributed by atoms with Gasteiger partial charge in [0.2, 0.25) is 5.78 Å². The third kappa shape index (κ3) is 4.18. The van der Waals surface area contributed by atoms with Crippen molar-refractivity contribution in [1.82, 2.24) is 24.5 Å². The average Bonchev–Trinajstić information content (AvgIpc) is 3.27. The van der Waals surface area contributed by atoms with Crippen molar-refractivity contribution in [3.05, 3.63) is 68.7 Å². The largest absolute Gasteiger partial charge is 0.349 e. The van der Waals surface area contributed by atoms with Crippen molar-refractivity contribution in [3.8, 4) is 0 Å². The molecule has 2 aromatic carbocycles. The molecule has 176 valence electrons. The van der Waals surface area contributed by atoms with E-state index < -0.39 is 5.82 Å². The first-order valence-electron chi connectivity index (χ1n) is 11.2. The van der Waals surface area contributed by atoms with Crippen LogP contribution in [0.5, 0.6) is 0 Å². The molecule has 2 aromatic heterocycles. The minimum Gasteiger partial charge on any atom is -0.349 e. The lowest BCUT2D eigenvalue weighted by Gasteiger charge is -2.22. The summed E-state index contributed by atoms with van der Waals surface area (Å²) in [7, 11) is 1.62. The Balaban J connectivity index is 1.55. The molecule has 7 nitrogen and oxygen atoms in total. The smallest absolute Gasteiger partial charge is 0.262 e. The molecule has 1 aliphatic carbocycles. The highest BCUT2D eigenvalue weighted by atomic mass is 35.5. The monoisotopic (exact) mass is 499 g/mol. The Morgan fingerprint density at radius 2 is 2.00 bits per heavy atom. The fourth-order valence-corrected chi connectivity index (χ4v) is 5.70. The molecule has 0 spiro atoms. The first-order chi connectivity index (χ1) is 16.4. The molecule has 1 saturated carbocycles. The van der Waals surface area contributed by atoms with Crippen LogP contribution in [0.1, 0.15) is 48.0 Å². The van der Waals surface area contributed by atoms with Crippen LogP contribution in [0.25, 0.3) is 16.7 Å². The van der Waals surface area contributed by atoms with E-state index in [0.29, 0.717) is 38.0 Å². The van der Waals surface area contributed by atoms with E-state index in [2.05, 4.69) is 15.5 Å². The summed E-state index contributed by atoms with van der Waals surface area (Å²) in [6, 6.07) is 9.76. The number of halogens is 2. The van der Waals surface area contributed by atoms with E-state index in [9.17, 15) is 14.0 Å². The molecule has 1 fully saturated rings. The summed E-state index contributed by atoms with van der Waals surface area (Å²) in [4.78, 5) is 25.9. The summed E-state index contributed by atoms with van der Waals surface area (Å²) >= 11 is 7.44. The van der Waals surface area contributed by atoms with E-state index in [1.807, 2.05) is 0 Å². The van der Waals surface area contributed by atoms with Crippen molar-refractivity contribution in [2.45, 2.75) is 49.1 Å². The topological polar surface area (TPSA) is 81.3 Å². The molecule has 34 heavy (non-hydrogen) atoms. The maximum Gasteiger partial charge on any atom is 0.262 e. The maximum atomic E-state index is 14.3. The predicted molar refractivity (Wildman–Crippen MR) is 131 cm³/mol. The number of nitrogens with one attached hydrogen (secondary N) is 1. The van der Waals surface area contributed by atoms with Gasteiger partial charge in [-0.2, -0.15) is 0 Å². The zero-order valence-electron chi connectivity index (χ0n) is 18.6. The lowest BCUT2D eigenvalue weighted by atomic mass is 9.95. The molecule has 10 heteroatoms. The molecule has 5 rings (SSSR count). The predicted octanol–water partition coefficient (Wildman–Crippen LogP) is 4.73. The van der Waals surface area contributed by atoms with Gasteiger partial charge >= 0.3 is 0 Å². The zero-order valence-corrected chi connectivity index (χ0v) is 20.1. The summed E-state index contributed by atoms with van der Waals surface area (Å²) in [5, 5.41) is 12.8. The minimum absolute atomic E-state index is 0.164. The number of hydrogen-bond donors (Lipinski definition) is 1. The van der Waals surface area contributed by atoms with Gasteiger partial charge in [0.1, 0.15) is 5.82 Å². The van der Waals surface area contributed by atoms with Gasteiger partial charge in [0.15, 0.2) is 5.16 Å². The fraction of sp³-hybridized carbons (Fsp3) is 0.333. The number of rotatable bonds is 5. The molecule has 1 N–H and O–H groups in total. The van der Waals surface area contributed by atoms with E-state index in [0.717, 1.165) is 25.7 Å².